The van der Waals surface area contributed by atoms with E-state index in [1.54, 1.807) is 54.6 Å². The summed E-state index contributed by atoms with van der Waals surface area (Å²) in [7, 11) is -5.10. The van der Waals surface area contributed by atoms with Crippen molar-refractivity contribution in [2.45, 2.75) is 4.90 Å². The van der Waals surface area contributed by atoms with Gasteiger partial charge >= 0.3 is 11.9 Å². The third kappa shape index (κ3) is 3.97. The van der Waals surface area contributed by atoms with E-state index < -0.39 is 43.2 Å². The van der Waals surface area contributed by atoms with E-state index in [4.69, 9.17) is 11.6 Å². The molecular weight excluding hydrogens is 520 g/mol. The fraction of sp³-hybridized carbons (Fsp3) is 0. The number of aromatic carboxylic acids is 2. The quantitative estimate of drug-likeness (QED) is 0.198. The van der Waals surface area contributed by atoms with Crippen LogP contribution in [0.5, 0.6) is 0 Å². The van der Waals surface area contributed by atoms with Gasteiger partial charge in [-0.3, -0.25) is 9.54 Å². The molecule has 9 nitrogen and oxygen atoms in total. The summed E-state index contributed by atoms with van der Waals surface area (Å²) in [5.41, 5.74) is -0.808. The maximum absolute atomic E-state index is 12.8. The second kappa shape index (κ2) is 8.93. The zero-order chi connectivity index (χ0) is 26.5. The fourth-order valence-electron chi connectivity index (χ4n) is 4.42. The normalized spacial score (nSPS) is 11.6. The van der Waals surface area contributed by atoms with Crippen LogP contribution in [-0.4, -0.2) is 45.1 Å². The number of carbonyl (C=O) groups is 2. The molecule has 0 radical (unpaired) electrons. The molecule has 11 heteroatoms. The molecule has 0 amide bonds. The number of hydrogen-bond donors (Lipinski definition) is 3. The average Bonchev–Trinajstić information content (AvgIpc) is 2.87. The molecule has 37 heavy (non-hydrogen) atoms. The molecule has 0 spiro atoms. The van der Waals surface area contributed by atoms with Gasteiger partial charge < -0.3 is 10.2 Å². The first-order valence-electron chi connectivity index (χ1n) is 10.6. The fourth-order valence-corrected chi connectivity index (χ4v) is 5.79. The van der Waals surface area contributed by atoms with Gasteiger partial charge in [-0.15, -0.1) is 0 Å². The van der Waals surface area contributed by atoms with Crippen LogP contribution in [0.1, 0.15) is 20.8 Å². The highest BCUT2D eigenvalue weighted by Gasteiger charge is 2.33. The Hall–Kier alpha value is -4.38. The van der Waals surface area contributed by atoms with Crippen LogP contribution in [-0.2, 0) is 10.1 Å². The molecule has 0 bridgehead atoms. The molecule has 0 saturated heterocycles. The monoisotopic (exact) mass is 534 g/mol. The molecule has 3 N–H and O–H groups in total. The van der Waals surface area contributed by atoms with E-state index in [1.165, 1.54) is 18.3 Å². The van der Waals surface area contributed by atoms with E-state index in [-0.39, 0.29) is 32.9 Å². The Balaban J connectivity index is 2.17. The molecule has 0 fully saturated rings. The van der Waals surface area contributed by atoms with Crippen LogP contribution < -0.4 is 0 Å². The largest absolute Gasteiger partial charge is 0.478 e. The Labute approximate surface area is 214 Å². The van der Waals surface area contributed by atoms with Gasteiger partial charge in [0.1, 0.15) is 10.5 Å². The van der Waals surface area contributed by atoms with Gasteiger partial charge in [0.15, 0.2) is 5.69 Å². The van der Waals surface area contributed by atoms with E-state index in [2.05, 4.69) is 9.97 Å². The van der Waals surface area contributed by atoms with E-state index in [1.807, 2.05) is 0 Å². The Morgan fingerprint density at radius 1 is 0.784 bits per heavy atom. The second-order valence-electron chi connectivity index (χ2n) is 7.98. The SMILES string of the molecule is O=C(O)c1nc2c(c(-c3ccccc3)c1C(=O)O)c(S(=O)(=O)O)c(Cl)c1c(-c3ccccc3)ccnc12. The minimum atomic E-state index is -5.10. The van der Waals surface area contributed by atoms with Gasteiger partial charge in [-0.2, -0.15) is 8.42 Å². The van der Waals surface area contributed by atoms with Crippen molar-refractivity contribution in [3.63, 3.8) is 0 Å². The number of fused-ring (bicyclic) bond motifs is 3. The van der Waals surface area contributed by atoms with Crippen LogP contribution in [0.15, 0.2) is 77.8 Å². The van der Waals surface area contributed by atoms with E-state index in [0.29, 0.717) is 11.1 Å². The Morgan fingerprint density at radius 3 is 1.92 bits per heavy atom. The molecule has 0 aliphatic rings. The summed E-state index contributed by atoms with van der Waals surface area (Å²) in [6.07, 6.45) is 1.42. The number of benzene rings is 3. The number of rotatable bonds is 5. The summed E-state index contributed by atoms with van der Waals surface area (Å²) >= 11 is 6.68. The molecule has 2 aromatic heterocycles. The lowest BCUT2D eigenvalue weighted by Gasteiger charge is -2.19. The minimum Gasteiger partial charge on any atom is -0.478 e. The number of carboxylic acid groups (broad SMARTS) is 2. The highest BCUT2D eigenvalue weighted by molar-refractivity contribution is 7.86. The van der Waals surface area contributed by atoms with Gasteiger partial charge in [0.25, 0.3) is 10.1 Å². The lowest BCUT2D eigenvalue weighted by atomic mass is 9.92. The summed E-state index contributed by atoms with van der Waals surface area (Å²) in [6.45, 7) is 0. The van der Waals surface area contributed by atoms with Crippen LogP contribution in [0.2, 0.25) is 5.02 Å². The van der Waals surface area contributed by atoms with Gasteiger partial charge in [0.05, 0.1) is 16.1 Å². The van der Waals surface area contributed by atoms with Crippen molar-refractivity contribution in [2.24, 2.45) is 0 Å². The number of aromatic nitrogens is 2. The van der Waals surface area contributed by atoms with Crippen molar-refractivity contribution < 1.29 is 32.8 Å². The maximum Gasteiger partial charge on any atom is 0.355 e. The lowest BCUT2D eigenvalue weighted by molar-refractivity contribution is 0.0647. The van der Waals surface area contributed by atoms with Crippen molar-refractivity contribution in [1.82, 2.24) is 9.97 Å². The van der Waals surface area contributed by atoms with Gasteiger partial charge in [-0.05, 0) is 22.8 Å². The first-order chi connectivity index (χ1) is 17.6. The van der Waals surface area contributed by atoms with E-state index >= 15 is 0 Å². The molecule has 184 valence electrons. The zero-order valence-corrected chi connectivity index (χ0v) is 20.2. The van der Waals surface area contributed by atoms with Crippen molar-refractivity contribution in [3.05, 3.63) is 89.2 Å². The molecule has 0 aliphatic carbocycles. The summed E-state index contributed by atoms with van der Waals surface area (Å²) < 4.78 is 35.9. The Morgan fingerprint density at radius 2 is 1.38 bits per heavy atom. The maximum atomic E-state index is 12.8. The molecule has 2 heterocycles. The number of carboxylic acids is 2. The molecule has 5 rings (SSSR count). The van der Waals surface area contributed by atoms with Crippen LogP contribution in [0.3, 0.4) is 0 Å². The Kier molecular flexibility index (Phi) is 5.87. The number of nitrogens with zero attached hydrogens (tertiary/aromatic N) is 2. The van der Waals surface area contributed by atoms with Crippen molar-refractivity contribution in [3.8, 4) is 22.3 Å². The predicted octanol–water partition coefficient (Wildman–Crippen LogP) is 5.41. The van der Waals surface area contributed by atoms with Crippen LogP contribution in [0, 0.1) is 0 Å². The smallest absolute Gasteiger partial charge is 0.355 e. The minimum absolute atomic E-state index is 0.0328. The Bertz CT molecular complexity index is 1860. The number of pyridine rings is 2. The van der Waals surface area contributed by atoms with Gasteiger partial charge in [-0.25, -0.2) is 14.6 Å². The van der Waals surface area contributed by atoms with Gasteiger partial charge in [-0.1, -0.05) is 72.3 Å². The topological polar surface area (TPSA) is 155 Å². The molecular formula is C26H15ClN2O7S. The molecule has 0 atom stereocenters. The predicted molar refractivity (Wildman–Crippen MR) is 137 cm³/mol. The van der Waals surface area contributed by atoms with Crippen molar-refractivity contribution in [1.29, 1.82) is 0 Å². The highest BCUT2D eigenvalue weighted by atomic mass is 35.5. The van der Waals surface area contributed by atoms with Crippen molar-refractivity contribution in [2.75, 3.05) is 0 Å². The van der Waals surface area contributed by atoms with E-state index in [0.717, 1.165) is 0 Å². The van der Waals surface area contributed by atoms with Gasteiger partial charge in [0.2, 0.25) is 0 Å². The highest BCUT2D eigenvalue weighted by Crippen LogP contribution is 2.46. The molecule has 0 saturated carbocycles. The summed E-state index contributed by atoms with van der Waals surface area (Å²) in [5, 5.41) is 19.3. The number of halogens is 1. The first-order valence-corrected chi connectivity index (χ1v) is 12.5. The standard InChI is InChI=1S/C26H15ClN2O7S/c27-20-17-15(13-7-3-1-4-8-13)11-12-28-21(17)22-18(24(20)37(34,35)36)16(14-9-5-2-6-10-14)19(25(30)31)23(29-22)26(32)33/h1-12H,(H,30,31)(H,32,33)(H,34,35,36). The average molecular weight is 535 g/mol. The van der Waals surface area contributed by atoms with E-state index in [9.17, 15) is 32.8 Å². The van der Waals surface area contributed by atoms with Crippen LogP contribution in [0.4, 0.5) is 0 Å². The van der Waals surface area contributed by atoms with Crippen LogP contribution in [0.25, 0.3) is 44.1 Å². The lowest BCUT2D eigenvalue weighted by Crippen LogP contribution is -2.15. The molecule has 0 aliphatic heterocycles. The zero-order valence-electron chi connectivity index (χ0n) is 18.6. The van der Waals surface area contributed by atoms with Gasteiger partial charge in [0, 0.05) is 22.5 Å². The third-order valence-corrected chi connectivity index (χ3v) is 7.25. The summed E-state index contributed by atoms with van der Waals surface area (Å²) in [4.78, 5) is 32.1. The molecule has 0 unspecified atom stereocenters. The molecule has 3 aromatic carbocycles. The third-order valence-electron chi connectivity index (χ3n) is 5.84. The summed E-state index contributed by atoms with van der Waals surface area (Å²) in [5.74, 6) is -3.30. The van der Waals surface area contributed by atoms with Crippen LogP contribution >= 0.6 is 11.6 Å². The second-order valence-corrected chi connectivity index (χ2v) is 9.71. The number of hydrogen-bond acceptors (Lipinski definition) is 6. The summed E-state index contributed by atoms with van der Waals surface area (Å²) in [6, 6.07) is 18.1. The van der Waals surface area contributed by atoms with Crippen molar-refractivity contribution >= 4 is 55.5 Å². The molecule has 5 aromatic rings. The first kappa shape index (κ1) is 24.3.